The summed E-state index contributed by atoms with van der Waals surface area (Å²) < 4.78 is 47.3. The number of rotatable bonds is 6. The number of halogens is 3. The summed E-state index contributed by atoms with van der Waals surface area (Å²) in [4.78, 5) is 23.0. The zero-order valence-electron chi connectivity index (χ0n) is 21.6. The lowest BCUT2D eigenvalue weighted by Crippen LogP contribution is -2.43. The number of alkyl halides is 3. The van der Waals surface area contributed by atoms with E-state index in [9.17, 15) is 18.0 Å². The molecule has 1 aliphatic heterocycles. The molecule has 1 aromatic carbocycles. The van der Waals surface area contributed by atoms with Gasteiger partial charge in [0.25, 0.3) is 0 Å². The van der Waals surface area contributed by atoms with Crippen molar-refractivity contribution in [1.82, 2.24) is 14.9 Å². The van der Waals surface area contributed by atoms with Crippen molar-refractivity contribution >= 4 is 23.4 Å². The molecule has 1 saturated carbocycles. The summed E-state index contributed by atoms with van der Waals surface area (Å²) in [5, 5.41) is 6.14. The average Bonchev–Trinajstić information content (AvgIpc) is 3.44. The molecule has 1 unspecified atom stereocenters. The summed E-state index contributed by atoms with van der Waals surface area (Å²) >= 11 is 0. The Morgan fingerprint density at radius 1 is 1.10 bits per heavy atom. The molecule has 2 heterocycles. The van der Waals surface area contributed by atoms with E-state index in [4.69, 9.17) is 10.5 Å². The number of ether oxygens (including phenoxy) is 1. The van der Waals surface area contributed by atoms with E-state index in [2.05, 4.69) is 31.6 Å². The van der Waals surface area contributed by atoms with Gasteiger partial charge in [-0.15, -0.1) is 0 Å². The van der Waals surface area contributed by atoms with Crippen molar-refractivity contribution in [3.8, 4) is 0 Å². The fourth-order valence-electron chi connectivity index (χ4n) is 6.81. The van der Waals surface area contributed by atoms with Gasteiger partial charge in [0.2, 0.25) is 11.9 Å². The smallest absolute Gasteiger partial charge is 0.379 e. The number of amides is 1. The first-order valence-corrected chi connectivity index (χ1v) is 13.7. The first-order valence-electron chi connectivity index (χ1n) is 13.7. The number of nitrogens with two attached hydrogens (primary N) is 1. The second-order valence-corrected chi connectivity index (χ2v) is 10.9. The van der Waals surface area contributed by atoms with E-state index < -0.39 is 29.6 Å². The molecule has 39 heavy (non-hydrogen) atoms. The lowest BCUT2D eigenvalue weighted by molar-refractivity contribution is -0.137. The van der Waals surface area contributed by atoms with Crippen LogP contribution in [0.1, 0.15) is 36.0 Å². The van der Waals surface area contributed by atoms with Gasteiger partial charge in [-0.05, 0) is 61.1 Å². The summed E-state index contributed by atoms with van der Waals surface area (Å²) in [5.74, 6) is -1.53. The first kappa shape index (κ1) is 26.1. The third kappa shape index (κ3) is 5.21. The van der Waals surface area contributed by atoms with Crippen LogP contribution in [0.5, 0.6) is 0 Å². The number of benzene rings is 1. The van der Waals surface area contributed by atoms with Gasteiger partial charge in [-0.2, -0.15) is 18.2 Å². The number of morpholine rings is 1. The Hall–Kier alpha value is -3.18. The van der Waals surface area contributed by atoms with E-state index >= 15 is 0 Å². The van der Waals surface area contributed by atoms with E-state index in [1.165, 1.54) is 5.56 Å². The van der Waals surface area contributed by atoms with Gasteiger partial charge in [-0.3, -0.25) is 9.69 Å². The van der Waals surface area contributed by atoms with Gasteiger partial charge in [0, 0.05) is 37.1 Å². The highest BCUT2D eigenvalue weighted by Crippen LogP contribution is 2.46. The van der Waals surface area contributed by atoms with E-state index in [1.54, 1.807) is 0 Å². The van der Waals surface area contributed by atoms with Crippen molar-refractivity contribution in [3.05, 3.63) is 53.2 Å². The maximum Gasteiger partial charge on any atom is 0.421 e. The van der Waals surface area contributed by atoms with Crippen LogP contribution in [0.3, 0.4) is 0 Å². The van der Waals surface area contributed by atoms with E-state index in [0.717, 1.165) is 69.4 Å². The number of hydrogen-bond acceptors (Lipinski definition) is 7. The molecule has 4 aliphatic rings. The molecule has 6 rings (SSSR count). The Morgan fingerprint density at radius 3 is 2.64 bits per heavy atom. The number of nitrogens with one attached hydrogen (secondary N) is 2. The molecule has 1 amide bonds. The zero-order chi connectivity index (χ0) is 27.1. The molecule has 0 radical (unpaired) electrons. The van der Waals surface area contributed by atoms with Crippen LogP contribution in [0.4, 0.5) is 30.6 Å². The molecule has 8 nitrogen and oxygen atoms in total. The molecule has 5 atom stereocenters. The standard InChI is InChI=1S/C28H33F3N6O2/c29-28(30,31)21-15-33-27(36-26(21)35-24-18-5-4-17(14-18)23(24)25(32)38)34-22-3-1-2-16-6-7-19(8-9-20(16)22)37-10-12-39-13-11-37/h1-5,15,17-19,23-24H,6-14H2,(H2,32,38)(H2,33,34,35,36)/t17-,18+,19?,23+,24-/m1/s1. The SMILES string of the molecule is NC(=O)[C@@H]1[C@H](Nc2nc(Nc3cccc4c3CCC(N3CCOCC3)CC4)ncc2C(F)(F)F)[C@H]2C=C[C@@H]1C2. The number of allylic oxidation sites excluding steroid dienone is 1. The normalized spacial score (nSPS) is 28.6. The Kier molecular flexibility index (Phi) is 6.96. The number of primary amides is 1. The molecular formula is C28H33F3N6O2. The molecule has 2 fully saturated rings. The van der Waals surface area contributed by atoms with Crippen molar-refractivity contribution in [1.29, 1.82) is 0 Å². The number of anilines is 3. The van der Waals surface area contributed by atoms with Gasteiger partial charge in [0.05, 0.1) is 19.1 Å². The quantitative estimate of drug-likeness (QED) is 0.376. The van der Waals surface area contributed by atoms with Crippen molar-refractivity contribution in [3.63, 3.8) is 0 Å². The topological polar surface area (TPSA) is 105 Å². The van der Waals surface area contributed by atoms with Gasteiger partial charge in [0.15, 0.2) is 0 Å². The van der Waals surface area contributed by atoms with Gasteiger partial charge >= 0.3 is 6.18 Å². The number of fused-ring (bicyclic) bond motifs is 3. The number of nitrogens with zero attached hydrogens (tertiary/aromatic N) is 3. The Labute approximate surface area is 225 Å². The second-order valence-electron chi connectivity index (χ2n) is 10.9. The molecule has 0 spiro atoms. The third-order valence-electron chi connectivity index (χ3n) is 8.74. The zero-order valence-corrected chi connectivity index (χ0v) is 21.6. The van der Waals surface area contributed by atoms with Gasteiger partial charge in [0.1, 0.15) is 11.4 Å². The molecule has 208 valence electrons. The lowest BCUT2D eigenvalue weighted by Gasteiger charge is -2.34. The maximum atomic E-state index is 13.9. The molecule has 4 N–H and O–H groups in total. The van der Waals surface area contributed by atoms with Gasteiger partial charge in [-0.1, -0.05) is 24.3 Å². The fraction of sp³-hybridized carbons (Fsp3) is 0.536. The van der Waals surface area contributed by atoms with Crippen LogP contribution in [0.15, 0.2) is 36.5 Å². The van der Waals surface area contributed by atoms with E-state index in [0.29, 0.717) is 12.5 Å². The highest BCUT2D eigenvalue weighted by Gasteiger charge is 2.48. The minimum absolute atomic E-state index is 0.0696. The average molecular weight is 543 g/mol. The number of carbonyl (C=O) groups excluding carboxylic acids is 1. The first-order chi connectivity index (χ1) is 18.8. The minimum Gasteiger partial charge on any atom is -0.379 e. The maximum absolute atomic E-state index is 13.9. The number of hydrogen-bond donors (Lipinski definition) is 3. The molecular weight excluding hydrogens is 509 g/mol. The highest BCUT2D eigenvalue weighted by atomic mass is 19.4. The summed E-state index contributed by atoms with van der Waals surface area (Å²) in [5.41, 5.74) is 7.85. The molecule has 11 heteroatoms. The molecule has 1 saturated heterocycles. The minimum atomic E-state index is -4.66. The molecule has 2 aromatic rings. The van der Waals surface area contributed by atoms with Crippen LogP contribution in [-0.2, 0) is 28.5 Å². The van der Waals surface area contributed by atoms with Crippen LogP contribution in [-0.4, -0.2) is 59.2 Å². The summed E-state index contributed by atoms with van der Waals surface area (Å²) in [6.45, 7) is 3.40. The van der Waals surface area contributed by atoms with Gasteiger partial charge < -0.3 is 21.1 Å². The predicted octanol–water partition coefficient (Wildman–Crippen LogP) is 3.91. The van der Waals surface area contributed by atoms with Crippen molar-refractivity contribution < 1.29 is 22.7 Å². The van der Waals surface area contributed by atoms with Crippen molar-refractivity contribution in [2.45, 2.75) is 50.4 Å². The van der Waals surface area contributed by atoms with E-state index in [-0.39, 0.29) is 23.6 Å². The lowest BCUT2D eigenvalue weighted by atomic mass is 9.88. The molecule has 1 aromatic heterocycles. The summed E-state index contributed by atoms with van der Waals surface area (Å²) in [6.07, 6.45) is 4.54. The number of carbonyl (C=O) groups is 1. The predicted molar refractivity (Wildman–Crippen MR) is 140 cm³/mol. The fourth-order valence-corrected chi connectivity index (χ4v) is 6.81. The van der Waals surface area contributed by atoms with Crippen LogP contribution >= 0.6 is 0 Å². The van der Waals surface area contributed by atoms with Crippen LogP contribution in [0, 0.1) is 17.8 Å². The van der Waals surface area contributed by atoms with Crippen LogP contribution in [0.25, 0.3) is 0 Å². The molecule has 2 bridgehead atoms. The summed E-state index contributed by atoms with van der Waals surface area (Å²) in [7, 11) is 0. The molecule has 3 aliphatic carbocycles. The highest BCUT2D eigenvalue weighted by molar-refractivity contribution is 5.80. The Balaban J connectivity index is 1.25. The number of aromatic nitrogens is 2. The van der Waals surface area contributed by atoms with Gasteiger partial charge in [-0.25, -0.2) is 4.98 Å². The van der Waals surface area contributed by atoms with Crippen molar-refractivity contribution in [2.75, 3.05) is 36.9 Å². The Bertz CT molecular complexity index is 1260. The largest absolute Gasteiger partial charge is 0.421 e. The Morgan fingerprint density at radius 2 is 1.87 bits per heavy atom. The summed E-state index contributed by atoms with van der Waals surface area (Å²) in [6, 6.07) is 5.92. The van der Waals surface area contributed by atoms with Crippen molar-refractivity contribution in [2.24, 2.45) is 23.5 Å². The van der Waals surface area contributed by atoms with Crippen LogP contribution < -0.4 is 16.4 Å². The van der Waals surface area contributed by atoms with Crippen LogP contribution in [0.2, 0.25) is 0 Å². The van der Waals surface area contributed by atoms with E-state index in [1.807, 2.05) is 24.3 Å². The second kappa shape index (κ2) is 10.4. The number of aryl methyl sites for hydroxylation is 1. The third-order valence-corrected chi connectivity index (χ3v) is 8.74. The monoisotopic (exact) mass is 542 g/mol.